The summed E-state index contributed by atoms with van der Waals surface area (Å²) < 4.78 is 8.52. The van der Waals surface area contributed by atoms with Gasteiger partial charge in [-0.15, -0.1) is 0 Å². The Labute approximate surface area is 126 Å². The molecule has 70 valence electrons. The molecule has 0 unspecified atom stereocenters. The monoisotopic (exact) mass is 240 g/mol. The summed E-state index contributed by atoms with van der Waals surface area (Å²) in [5.41, 5.74) is 0. The summed E-state index contributed by atoms with van der Waals surface area (Å²) in [5.74, 6) is -2.15. The van der Waals surface area contributed by atoms with Crippen molar-refractivity contribution >= 4 is 21.1 Å². The zero-order chi connectivity index (χ0) is 10.1. The molecule has 0 aliphatic rings. The molecule has 7 nitrogen and oxygen atoms in total. The molecule has 0 saturated carbocycles. The Morgan fingerprint density at radius 3 is 1.21 bits per heavy atom. The van der Waals surface area contributed by atoms with Gasteiger partial charge in [0.05, 0.1) is 12.8 Å². The molecular weight excluding hydrogens is 234 g/mol. The van der Waals surface area contributed by atoms with Crippen LogP contribution in [0.15, 0.2) is 0 Å². The second kappa shape index (κ2) is 16.0. The van der Waals surface area contributed by atoms with Gasteiger partial charge in [0.15, 0.2) is 0 Å². The average molecular weight is 240 g/mol. The van der Waals surface area contributed by atoms with Crippen LogP contribution in [0.25, 0.3) is 0 Å². The Morgan fingerprint density at radius 1 is 1.00 bits per heavy atom. The third kappa shape index (κ3) is 54.3. The van der Waals surface area contributed by atoms with Crippen LogP contribution >= 0.6 is 0 Å². The molecule has 0 fully saturated rings. The zero-order valence-corrected chi connectivity index (χ0v) is 12.8. The minimum Gasteiger partial charge on any atom is -0.672 e. The van der Waals surface area contributed by atoms with E-state index >= 15 is 0 Å². The van der Waals surface area contributed by atoms with Crippen LogP contribution in [0.5, 0.6) is 0 Å². The molecule has 0 aromatic carbocycles. The van der Waals surface area contributed by atoms with E-state index in [4.69, 9.17) is 24.3 Å². The van der Waals surface area contributed by atoms with Gasteiger partial charge in [0.25, 0.3) is 0 Å². The van der Waals surface area contributed by atoms with E-state index in [-0.39, 0.29) is 72.0 Å². The molecule has 0 aromatic rings. The first-order valence-electron chi connectivity index (χ1n) is 2.67. The van der Waals surface area contributed by atoms with Crippen molar-refractivity contribution in [2.24, 2.45) is 0 Å². The minimum absolute atomic E-state index is 0. The summed E-state index contributed by atoms with van der Waals surface area (Å²) in [6, 6.07) is 0. The minimum atomic E-state index is -3.63. The summed E-state index contributed by atoms with van der Waals surface area (Å²) in [6.07, 6.45) is -0.593. The zero-order valence-electron chi connectivity index (χ0n) is 7.85. The van der Waals surface area contributed by atoms with Gasteiger partial charge in [0, 0.05) is 9.17 Å². The molecule has 0 aliphatic carbocycles. The number of carbonyl (C=O) groups is 2. The molecule has 0 saturated heterocycles. The van der Waals surface area contributed by atoms with Gasteiger partial charge in [0.2, 0.25) is 0 Å². The number of hydrogen-bond acceptors (Lipinski definition) is 5. The smallest absolute Gasteiger partial charge is 0.672 e. The quantitative estimate of drug-likeness (QED) is 0.467. The first kappa shape index (κ1) is 24.0. The summed E-state index contributed by atoms with van der Waals surface area (Å²) in [4.78, 5) is 36.3. The maximum atomic E-state index is 9.64. The van der Waals surface area contributed by atoms with Crippen molar-refractivity contribution in [1.29, 1.82) is 0 Å². The van der Waals surface area contributed by atoms with Gasteiger partial charge in [-0.2, -0.15) is 0 Å². The number of aliphatic carboxylic acids is 2. The summed E-state index contributed by atoms with van der Waals surface area (Å²) in [7, 11) is -3.63. The van der Waals surface area contributed by atoms with Gasteiger partial charge in [-0.3, -0.25) is 9.59 Å². The van der Waals surface area contributed by atoms with Crippen LogP contribution in [0, 0.1) is 0 Å². The van der Waals surface area contributed by atoms with Gasteiger partial charge in [0.1, 0.15) is 0 Å². The first-order chi connectivity index (χ1) is 5.36. The second-order valence-corrected chi connectivity index (χ2v) is 2.04. The van der Waals surface area contributed by atoms with Crippen molar-refractivity contribution in [3.05, 3.63) is 0 Å². The molecule has 0 atom stereocenters. The third-order valence-electron chi connectivity index (χ3n) is 0.553. The number of hydrogen-bond donors (Lipinski definition) is 2. The maximum Gasteiger partial charge on any atom is 1.00 e. The third-order valence-corrected chi connectivity index (χ3v) is 0.553. The van der Waals surface area contributed by atoms with Crippen molar-refractivity contribution in [3.8, 4) is 0 Å². The van der Waals surface area contributed by atoms with E-state index in [1.807, 2.05) is 0 Å². The van der Waals surface area contributed by atoms with E-state index in [1.54, 1.807) is 0 Å². The van der Waals surface area contributed by atoms with Gasteiger partial charge < -0.3 is 24.3 Å². The average Bonchev–Trinajstić information content (AvgIpc) is 1.82. The second-order valence-electron chi connectivity index (χ2n) is 1.54. The van der Waals surface area contributed by atoms with Crippen LogP contribution in [0.1, 0.15) is 12.8 Å². The van der Waals surface area contributed by atoms with Crippen LogP contribution in [-0.2, 0) is 14.1 Å². The Balaban J connectivity index is -0.0000000733. The van der Waals surface area contributed by atoms with Crippen LogP contribution in [0.3, 0.4) is 0 Å². The fourth-order valence-corrected chi connectivity index (χ4v) is 0.214. The standard InChI is InChI=1S/C4H6O4.2Na.O3Si/c5-3(6)1-2-4(7)8;;;1-4(2)3/h1-2H2,(H,5,6)(H,7,8);;;/q;2*+1;-2. The molecule has 0 rings (SSSR count). The number of carboxylic acid groups (broad SMARTS) is 2. The van der Waals surface area contributed by atoms with Crippen molar-refractivity contribution in [2.45, 2.75) is 12.8 Å². The van der Waals surface area contributed by atoms with Crippen molar-refractivity contribution in [3.63, 3.8) is 0 Å². The fraction of sp³-hybridized carbons (Fsp3) is 0.500. The molecule has 10 heteroatoms. The molecule has 0 radical (unpaired) electrons. The molecule has 0 spiro atoms. The van der Waals surface area contributed by atoms with Crippen LogP contribution < -0.4 is 68.7 Å². The molecule has 0 aliphatic heterocycles. The van der Waals surface area contributed by atoms with Gasteiger partial charge in [-0.05, 0) is 0 Å². The first-order valence-corrected chi connectivity index (χ1v) is 3.90. The van der Waals surface area contributed by atoms with E-state index in [0.29, 0.717) is 0 Å². The SMILES string of the molecule is O=C(O)CCC(=O)O.O=[Si]([O-])[O-].[Na+].[Na+]. The van der Waals surface area contributed by atoms with Crippen molar-refractivity contribution < 1.29 is 93.0 Å². The fourth-order valence-electron chi connectivity index (χ4n) is 0.214. The number of carboxylic acids is 2. The largest absolute Gasteiger partial charge is 1.00 e. The maximum absolute atomic E-state index is 9.64. The Hall–Kier alpha value is 0.557. The molecule has 0 heterocycles. The topological polar surface area (TPSA) is 138 Å². The molecular formula is C4H6Na2O7Si. The van der Waals surface area contributed by atoms with E-state index in [9.17, 15) is 9.59 Å². The van der Waals surface area contributed by atoms with E-state index in [0.717, 1.165) is 0 Å². The van der Waals surface area contributed by atoms with Gasteiger partial charge in [-0.1, -0.05) is 0 Å². The molecule has 0 aromatic heterocycles. The van der Waals surface area contributed by atoms with Crippen LogP contribution in [-0.4, -0.2) is 31.3 Å². The van der Waals surface area contributed by atoms with E-state index < -0.39 is 21.1 Å². The Morgan fingerprint density at radius 2 is 1.14 bits per heavy atom. The predicted molar refractivity (Wildman–Crippen MR) is 30.9 cm³/mol. The van der Waals surface area contributed by atoms with E-state index in [2.05, 4.69) is 0 Å². The van der Waals surface area contributed by atoms with Crippen molar-refractivity contribution in [2.75, 3.05) is 0 Å². The number of rotatable bonds is 3. The van der Waals surface area contributed by atoms with E-state index in [1.165, 1.54) is 0 Å². The summed E-state index contributed by atoms with van der Waals surface area (Å²) in [5, 5.41) is 15.8. The summed E-state index contributed by atoms with van der Waals surface area (Å²) >= 11 is 0. The van der Waals surface area contributed by atoms with Gasteiger partial charge >= 0.3 is 71.1 Å². The van der Waals surface area contributed by atoms with Crippen LogP contribution in [0.4, 0.5) is 0 Å². The Bertz CT molecular complexity index is 167. The normalized spacial score (nSPS) is 6.57. The van der Waals surface area contributed by atoms with Crippen LogP contribution in [0.2, 0.25) is 0 Å². The molecule has 2 N–H and O–H groups in total. The summed E-state index contributed by atoms with van der Waals surface area (Å²) in [6.45, 7) is 0. The van der Waals surface area contributed by atoms with Gasteiger partial charge in [-0.25, -0.2) is 0 Å². The predicted octanol–water partition coefficient (Wildman–Crippen LogP) is -8.93. The molecule has 0 bridgehead atoms. The molecule has 14 heavy (non-hydrogen) atoms. The molecule has 0 amide bonds. The Kier molecular flexibility index (Phi) is 27.4. The van der Waals surface area contributed by atoms with Crippen molar-refractivity contribution in [1.82, 2.24) is 0 Å².